The fraction of sp³-hybridized carbons (Fsp3) is 0. The summed E-state index contributed by atoms with van der Waals surface area (Å²) in [5.41, 5.74) is 7.06. The summed E-state index contributed by atoms with van der Waals surface area (Å²) < 4.78 is 0. The second kappa shape index (κ2) is 8.65. The predicted molar refractivity (Wildman–Crippen MR) is 157 cm³/mol. The van der Waals surface area contributed by atoms with E-state index in [-0.39, 0.29) is 5.75 Å². The molecule has 7 aromatic rings. The molecule has 0 atom stereocenters. The maximum atomic E-state index is 10.2. The number of aromatic hydroxyl groups is 1. The Labute approximate surface area is 215 Å². The van der Waals surface area contributed by atoms with E-state index in [2.05, 4.69) is 121 Å². The molecule has 0 aliphatic carbocycles. The van der Waals surface area contributed by atoms with Crippen molar-refractivity contribution in [2.24, 2.45) is 0 Å². The van der Waals surface area contributed by atoms with Gasteiger partial charge in [0, 0.05) is 0 Å². The highest BCUT2D eigenvalue weighted by Gasteiger charge is 2.16. The zero-order chi connectivity index (χ0) is 24.8. The molecule has 7 rings (SSSR count). The third kappa shape index (κ3) is 3.56. The third-order valence-electron chi connectivity index (χ3n) is 7.34. The molecule has 0 fully saturated rings. The van der Waals surface area contributed by atoms with Crippen molar-refractivity contribution in [1.29, 1.82) is 0 Å². The molecule has 1 heteroatoms. The van der Waals surface area contributed by atoms with Gasteiger partial charge in [-0.1, -0.05) is 127 Å². The van der Waals surface area contributed by atoms with Gasteiger partial charge in [-0.05, 0) is 77.8 Å². The van der Waals surface area contributed by atoms with E-state index in [9.17, 15) is 5.11 Å². The molecule has 0 aromatic heterocycles. The van der Waals surface area contributed by atoms with Crippen LogP contribution in [0.25, 0.3) is 65.7 Å². The van der Waals surface area contributed by atoms with Crippen molar-refractivity contribution in [1.82, 2.24) is 0 Å². The number of benzene rings is 7. The number of rotatable bonds is 3. The predicted octanol–water partition coefficient (Wildman–Crippen LogP) is 9.85. The van der Waals surface area contributed by atoms with Crippen LogP contribution < -0.4 is 0 Å². The first-order chi connectivity index (χ1) is 18.3. The average Bonchev–Trinajstić information content (AvgIpc) is 2.95. The van der Waals surface area contributed by atoms with Gasteiger partial charge in [0.05, 0.1) is 0 Å². The highest BCUT2D eigenvalue weighted by molar-refractivity contribution is 6.21. The maximum absolute atomic E-state index is 10.2. The Hall–Kier alpha value is -4.88. The van der Waals surface area contributed by atoms with E-state index in [4.69, 9.17) is 0 Å². The first-order valence-electron chi connectivity index (χ1n) is 12.6. The van der Waals surface area contributed by atoms with Crippen LogP contribution in [0.1, 0.15) is 0 Å². The van der Waals surface area contributed by atoms with E-state index in [1.807, 2.05) is 12.1 Å². The maximum Gasteiger partial charge on any atom is 0.116 e. The van der Waals surface area contributed by atoms with Crippen LogP contribution in [0.5, 0.6) is 5.75 Å². The van der Waals surface area contributed by atoms with Crippen molar-refractivity contribution in [2.75, 3.05) is 0 Å². The molecule has 0 aliphatic rings. The molecule has 0 aliphatic heterocycles. The van der Waals surface area contributed by atoms with Crippen LogP contribution in [0.4, 0.5) is 0 Å². The minimum atomic E-state index is 0.277. The lowest BCUT2D eigenvalue weighted by molar-refractivity contribution is 0.475. The lowest BCUT2D eigenvalue weighted by Gasteiger charge is -2.18. The summed E-state index contributed by atoms with van der Waals surface area (Å²) in [7, 11) is 0. The molecule has 37 heavy (non-hydrogen) atoms. The Bertz CT molecular complexity index is 1870. The van der Waals surface area contributed by atoms with E-state index < -0.39 is 0 Å². The lowest BCUT2D eigenvalue weighted by Crippen LogP contribution is -1.91. The molecular formula is C36H24O. The smallest absolute Gasteiger partial charge is 0.116 e. The summed E-state index contributed by atoms with van der Waals surface area (Å²) in [6, 6.07) is 48.8. The summed E-state index contributed by atoms with van der Waals surface area (Å²) >= 11 is 0. The first kappa shape index (κ1) is 21.4. The minimum absolute atomic E-state index is 0.277. The summed E-state index contributed by atoms with van der Waals surface area (Å²) in [5, 5.41) is 17.5. The summed E-state index contributed by atoms with van der Waals surface area (Å²) in [5.74, 6) is 0.277. The van der Waals surface area contributed by atoms with Crippen molar-refractivity contribution in [3.05, 3.63) is 140 Å². The van der Waals surface area contributed by atoms with E-state index in [1.54, 1.807) is 6.07 Å². The molecule has 0 unspecified atom stereocenters. The van der Waals surface area contributed by atoms with Gasteiger partial charge >= 0.3 is 0 Å². The number of phenols is 1. The zero-order valence-electron chi connectivity index (χ0n) is 20.2. The molecule has 174 valence electrons. The molecule has 0 bridgehead atoms. The molecule has 1 N–H and O–H groups in total. The Balaban J connectivity index is 1.47. The van der Waals surface area contributed by atoms with Crippen LogP contribution in [-0.2, 0) is 0 Å². The van der Waals surface area contributed by atoms with Crippen molar-refractivity contribution in [3.8, 4) is 39.1 Å². The Morgan fingerprint density at radius 3 is 1.46 bits per heavy atom. The first-order valence-corrected chi connectivity index (χ1v) is 12.6. The normalized spacial score (nSPS) is 11.4. The molecule has 1 nitrogen and oxygen atoms in total. The fourth-order valence-corrected chi connectivity index (χ4v) is 5.71. The molecule has 0 radical (unpaired) electrons. The highest BCUT2D eigenvalue weighted by Crippen LogP contribution is 2.44. The van der Waals surface area contributed by atoms with Crippen molar-refractivity contribution < 1.29 is 5.11 Å². The number of fused-ring (bicyclic) bond motifs is 3. The van der Waals surface area contributed by atoms with Gasteiger partial charge in [-0.3, -0.25) is 0 Å². The van der Waals surface area contributed by atoms with Gasteiger partial charge in [0.25, 0.3) is 0 Å². The van der Waals surface area contributed by atoms with Gasteiger partial charge in [-0.25, -0.2) is 0 Å². The molecule has 0 heterocycles. The third-order valence-corrected chi connectivity index (χ3v) is 7.34. The van der Waals surface area contributed by atoms with Crippen LogP contribution in [-0.4, -0.2) is 5.11 Å². The van der Waals surface area contributed by atoms with Crippen LogP contribution in [0.2, 0.25) is 0 Å². The van der Waals surface area contributed by atoms with E-state index in [1.165, 1.54) is 54.6 Å². The summed E-state index contributed by atoms with van der Waals surface area (Å²) in [6.45, 7) is 0. The van der Waals surface area contributed by atoms with Crippen molar-refractivity contribution in [3.63, 3.8) is 0 Å². The number of hydrogen-bond acceptors (Lipinski definition) is 1. The standard InChI is InChI=1S/C36H24O/c37-28-12-7-11-27(23-28)36-33-16-5-3-14-31(33)35(32-15-4-6-17-34(32)36)26-21-19-25(20-22-26)30-18-8-10-24-9-1-2-13-29(24)30/h1-23,37H. The Morgan fingerprint density at radius 2 is 0.838 bits per heavy atom. The van der Waals surface area contributed by atoms with Gasteiger partial charge < -0.3 is 5.11 Å². The van der Waals surface area contributed by atoms with Crippen molar-refractivity contribution >= 4 is 32.3 Å². The van der Waals surface area contributed by atoms with Crippen LogP contribution in [0.3, 0.4) is 0 Å². The quantitative estimate of drug-likeness (QED) is 0.254. The van der Waals surface area contributed by atoms with Gasteiger partial charge in [0.15, 0.2) is 0 Å². The topological polar surface area (TPSA) is 20.2 Å². The summed E-state index contributed by atoms with van der Waals surface area (Å²) in [6.07, 6.45) is 0. The summed E-state index contributed by atoms with van der Waals surface area (Å²) in [4.78, 5) is 0. The largest absolute Gasteiger partial charge is 0.508 e. The van der Waals surface area contributed by atoms with Gasteiger partial charge in [-0.2, -0.15) is 0 Å². The van der Waals surface area contributed by atoms with Crippen molar-refractivity contribution in [2.45, 2.75) is 0 Å². The van der Waals surface area contributed by atoms with Crippen LogP contribution in [0.15, 0.2) is 140 Å². The van der Waals surface area contributed by atoms with E-state index in [0.29, 0.717) is 0 Å². The number of hydrogen-bond donors (Lipinski definition) is 1. The molecule has 0 amide bonds. The molecule has 7 aromatic carbocycles. The van der Waals surface area contributed by atoms with Crippen LogP contribution >= 0.6 is 0 Å². The van der Waals surface area contributed by atoms with E-state index >= 15 is 0 Å². The Kier molecular flexibility index (Phi) is 5.01. The van der Waals surface area contributed by atoms with Gasteiger partial charge in [-0.15, -0.1) is 0 Å². The van der Waals surface area contributed by atoms with Gasteiger partial charge in [0.2, 0.25) is 0 Å². The minimum Gasteiger partial charge on any atom is -0.508 e. The number of phenolic OH excluding ortho intramolecular Hbond substituents is 1. The van der Waals surface area contributed by atoms with Crippen LogP contribution in [0, 0.1) is 0 Å². The lowest BCUT2D eigenvalue weighted by atomic mass is 9.85. The van der Waals surface area contributed by atoms with Gasteiger partial charge in [0.1, 0.15) is 5.75 Å². The second-order valence-electron chi connectivity index (χ2n) is 9.50. The molecular weight excluding hydrogens is 448 g/mol. The average molecular weight is 473 g/mol. The molecule has 0 saturated carbocycles. The zero-order valence-corrected chi connectivity index (χ0v) is 20.2. The van der Waals surface area contributed by atoms with E-state index in [0.717, 1.165) is 11.1 Å². The SMILES string of the molecule is Oc1cccc(-c2c3ccccc3c(-c3ccc(-c4cccc5ccccc45)cc3)c3ccccc23)c1. The molecule has 0 saturated heterocycles. The second-order valence-corrected chi connectivity index (χ2v) is 9.50. The monoisotopic (exact) mass is 472 g/mol. The Morgan fingerprint density at radius 1 is 0.351 bits per heavy atom. The molecule has 0 spiro atoms. The fourth-order valence-electron chi connectivity index (χ4n) is 5.71. The highest BCUT2D eigenvalue weighted by atomic mass is 16.3.